The van der Waals surface area contributed by atoms with Crippen LogP contribution in [0.25, 0.3) is 0 Å². The summed E-state index contributed by atoms with van der Waals surface area (Å²) < 4.78 is 21.1. The Morgan fingerprint density at radius 3 is 2.11 bits per heavy atom. The molecular formula is C13H21NO4. The Kier molecular flexibility index (Phi) is 6.98. The van der Waals surface area contributed by atoms with Crippen LogP contribution in [0.2, 0.25) is 0 Å². The van der Waals surface area contributed by atoms with E-state index in [9.17, 15) is 0 Å². The quantitative estimate of drug-likeness (QED) is 0.674. The van der Waals surface area contributed by atoms with Crippen LogP contribution in [0.15, 0.2) is 18.2 Å². The Labute approximate surface area is 108 Å². The molecular weight excluding hydrogens is 234 g/mol. The predicted molar refractivity (Wildman–Crippen MR) is 69.8 cm³/mol. The van der Waals surface area contributed by atoms with Crippen molar-refractivity contribution in [1.29, 1.82) is 0 Å². The number of para-hydroxylation sites is 1. The van der Waals surface area contributed by atoms with Gasteiger partial charge in [-0.3, -0.25) is 0 Å². The lowest BCUT2D eigenvalue weighted by Crippen LogP contribution is -2.24. The molecule has 0 saturated carbocycles. The first-order valence-electron chi connectivity index (χ1n) is 5.87. The van der Waals surface area contributed by atoms with E-state index in [2.05, 4.69) is 5.32 Å². The summed E-state index contributed by atoms with van der Waals surface area (Å²) in [5, 5.41) is 3.20. The molecule has 0 aliphatic rings. The number of nitrogens with one attached hydrogen (secondary N) is 1. The maximum Gasteiger partial charge on any atom is 0.203 e. The molecule has 1 rings (SSSR count). The van der Waals surface area contributed by atoms with Gasteiger partial charge in [-0.2, -0.15) is 0 Å². The van der Waals surface area contributed by atoms with Gasteiger partial charge < -0.3 is 24.3 Å². The fraction of sp³-hybridized carbons (Fsp3) is 0.538. The highest BCUT2D eigenvalue weighted by Gasteiger charge is 2.10. The lowest BCUT2D eigenvalue weighted by atomic mass is 10.3. The molecule has 0 aliphatic heterocycles. The summed E-state index contributed by atoms with van der Waals surface area (Å²) in [4.78, 5) is 0. The highest BCUT2D eigenvalue weighted by Crippen LogP contribution is 2.36. The average molecular weight is 255 g/mol. The van der Waals surface area contributed by atoms with Gasteiger partial charge in [0.05, 0.1) is 20.8 Å². The molecule has 0 spiro atoms. The second kappa shape index (κ2) is 8.60. The van der Waals surface area contributed by atoms with Gasteiger partial charge in [-0.1, -0.05) is 6.07 Å². The van der Waals surface area contributed by atoms with E-state index >= 15 is 0 Å². The standard InChI is InChI=1S/C13H21NO4/c1-15-9-7-14-8-10-18-13-11(16-2)5-4-6-12(13)17-3/h4-6,14H,7-10H2,1-3H3. The second-order valence-electron chi connectivity index (χ2n) is 3.58. The van der Waals surface area contributed by atoms with Gasteiger partial charge in [-0.15, -0.1) is 0 Å². The Morgan fingerprint density at radius 2 is 1.56 bits per heavy atom. The topological polar surface area (TPSA) is 49.0 Å². The molecule has 5 nitrogen and oxygen atoms in total. The van der Waals surface area contributed by atoms with Crippen LogP contribution in [0.5, 0.6) is 17.2 Å². The lowest BCUT2D eigenvalue weighted by Gasteiger charge is -2.14. The Morgan fingerprint density at radius 1 is 0.944 bits per heavy atom. The van der Waals surface area contributed by atoms with Crippen molar-refractivity contribution in [2.24, 2.45) is 0 Å². The van der Waals surface area contributed by atoms with E-state index in [4.69, 9.17) is 18.9 Å². The minimum absolute atomic E-state index is 0.542. The molecule has 5 heteroatoms. The Hall–Kier alpha value is -1.46. The summed E-state index contributed by atoms with van der Waals surface area (Å²) in [6.07, 6.45) is 0. The van der Waals surface area contributed by atoms with Crippen molar-refractivity contribution >= 4 is 0 Å². The van der Waals surface area contributed by atoms with Crippen LogP contribution in [0, 0.1) is 0 Å². The lowest BCUT2D eigenvalue weighted by molar-refractivity contribution is 0.196. The van der Waals surface area contributed by atoms with Gasteiger partial charge >= 0.3 is 0 Å². The number of rotatable bonds is 9. The van der Waals surface area contributed by atoms with Crippen LogP contribution >= 0.6 is 0 Å². The van der Waals surface area contributed by atoms with Gasteiger partial charge in [0, 0.05) is 20.2 Å². The zero-order valence-corrected chi connectivity index (χ0v) is 11.2. The molecule has 1 N–H and O–H groups in total. The van der Waals surface area contributed by atoms with E-state index < -0.39 is 0 Å². The molecule has 0 radical (unpaired) electrons. The van der Waals surface area contributed by atoms with Crippen LogP contribution in [0.3, 0.4) is 0 Å². The minimum Gasteiger partial charge on any atom is -0.493 e. The highest BCUT2D eigenvalue weighted by atomic mass is 16.5. The molecule has 1 aromatic carbocycles. The van der Waals surface area contributed by atoms with Crippen molar-refractivity contribution in [3.8, 4) is 17.2 Å². The molecule has 102 valence electrons. The summed E-state index contributed by atoms with van der Waals surface area (Å²) in [5.41, 5.74) is 0. The third-order valence-corrected chi connectivity index (χ3v) is 2.39. The summed E-state index contributed by atoms with van der Waals surface area (Å²) >= 11 is 0. The molecule has 0 fully saturated rings. The zero-order valence-electron chi connectivity index (χ0n) is 11.2. The van der Waals surface area contributed by atoms with Crippen LogP contribution in [-0.4, -0.2) is 47.6 Å². The SMILES string of the molecule is COCCNCCOc1c(OC)cccc1OC. The van der Waals surface area contributed by atoms with Gasteiger partial charge in [-0.25, -0.2) is 0 Å². The molecule has 1 aromatic rings. The summed E-state index contributed by atoms with van der Waals surface area (Å²) in [6, 6.07) is 5.55. The van der Waals surface area contributed by atoms with E-state index in [0.29, 0.717) is 30.5 Å². The minimum atomic E-state index is 0.542. The first kappa shape index (κ1) is 14.6. The summed E-state index contributed by atoms with van der Waals surface area (Å²) in [7, 11) is 4.90. The largest absolute Gasteiger partial charge is 0.493 e. The van der Waals surface area contributed by atoms with Crippen LogP contribution in [0.1, 0.15) is 0 Å². The van der Waals surface area contributed by atoms with Gasteiger partial charge in [0.25, 0.3) is 0 Å². The molecule has 0 saturated heterocycles. The van der Waals surface area contributed by atoms with Gasteiger partial charge in [0.2, 0.25) is 5.75 Å². The molecule has 0 unspecified atom stereocenters. The first-order chi connectivity index (χ1) is 8.83. The summed E-state index contributed by atoms with van der Waals surface area (Å²) in [6.45, 7) is 2.78. The van der Waals surface area contributed by atoms with Crippen molar-refractivity contribution in [2.75, 3.05) is 47.6 Å². The molecule has 0 amide bonds. The normalized spacial score (nSPS) is 10.2. The van der Waals surface area contributed by atoms with Crippen molar-refractivity contribution in [1.82, 2.24) is 5.32 Å². The fourth-order valence-electron chi connectivity index (χ4n) is 1.48. The zero-order chi connectivity index (χ0) is 13.2. The number of methoxy groups -OCH3 is 3. The monoisotopic (exact) mass is 255 g/mol. The molecule has 0 bridgehead atoms. The second-order valence-corrected chi connectivity index (χ2v) is 3.58. The number of hydrogen-bond donors (Lipinski definition) is 1. The molecule has 0 aromatic heterocycles. The first-order valence-corrected chi connectivity index (χ1v) is 5.87. The van der Waals surface area contributed by atoms with E-state index in [1.165, 1.54) is 0 Å². The van der Waals surface area contributed by atoms with Crippen LogP contribution in [-0.2, 0) is 4.74 Å². The number of ether oxygens (including phenoxy) is 4. The van der Waals surface area contributed by atoms with Crippen molar-refractivity contribution < 1.29 is 18.9 Å². The van der Waals surface area contributed by atoms with E-state index in [0.717, 1.165) is 13.1 Å². The van der Waals surface area contributed by atoms with Gasteiger partial charge in [0.15, 0.2) is 11.5 Å². The molecule has 0 aliphatic carbocycles. The maximum absolute atomic E-state index is 5.68. The predicted octanol–water partition coefficient (Wildman–Crippen LogP) is 1.32. The molecule has 18 heavy (non-hydrogen) atoms. The molecule has 0 atom stereocenters. The number of hydrogen-bond acceptors (Lipinski definition) is 5. The number of benzene rings is 1. The van der Waals surface area contributed by atoms with Crippen molar-refractivity contribution in [2.45, 2.75) is 0 Å². The van der Waals surface area contributed by atoms with Crippen LogP contribution < -0.4 is 19.5 Å². The Balaban J connectivity index is 2.45. The highest BCUT2D eigenvalue weighted by molar-refractivity contribution is 5.51. The van der Waals surface area contributed by atoms with E-state index in [1.54, 1.807) is 21.3 Å². The fourth-order valence-corrected chi connectivity index (χ4v) is 1.48. The van der Waals surface area contributed by atoms with Crippen molar-refractivity contribution in [3.63, 3.8) is 0 Å². The average Bonchev–Trinajstić information content (AvgIpc) is 2.42. The van der Waals surface area contributed by atoms with Gasteiger partial charge in [0.1, 0.15) is 6.61 Å². The maximum atomic E-state index is 5.68. The Bertz CT molecular complexity index is 322. The van der Waals surface area contributed by atoms with E-state index in [1.807, 2.05) is 18.2 Å². The summed E-state index contributed by atoms with van der Waals surface area (Å²) in [5.74, 6) is 1.98. The third kappa shape index (κ3) is 4.43. The van der Waals surface area contributed by atoms with Crippen molar-refractivity contribution in [3.05, 3.63) is 18.2 Å². The van der Waals surface area contributed by atoms with Crippen LogP contribution in [0.4, 0.5) is 0 Å². The smallest absolute Gasteiger partial charge is 0.203 e. The third-order valence-electron chi connectivity index (χ3n) is 2.39. The molecule has 0 heterocycles. The van der Waals surface area contributed by atoms with E-state index in [-0.39, 0.29) is 0 Å². The van der Waals surface area contributed by atoms with Gasteiger partial charge in [-0.05, 0) is 12.1 Å².